The van der Waals surface area contributed by atoms with Gasteiger partial charge < -0.3 is 10.1 Å². The molecule has 0 spiro atoms. The molecule has 2 heteroatoms. The number of hydrogen-bond donors (Lipinski definition) is 1. The maximum Gasteiger partial charge on any atom is 0.127 e. The predicted molar refractivity (Wildman–Crippen MR) is 78.2 cm³/mol. The maximum atomic E-state index is 5.90. The zero-order valence-electron chi connectivity index (χ0n) is 11.6. The van der Waals surface area contributed by atoms with Crippen molar-refractivity contribution in [3.8, 4) is 5.75 Å². The topological polar surface area (TPSA) is 21.3 Å². The third-order valence-corrected chi connectivity index (χ3v) is 3.16. The highest BCUT2D eigenvalue weighted by molar-refractivity contribution is 5.66. The van der Waals surface area contributed by atoms with E-state index in [1.807, 2.05) is 0 Å². The molecular weight excluding hydrogens is 222 g/mol. The van der Waals surface area contributed by atoms with E-state index in [0.29, 0.717) is 0 Å². The summed E-state index contributed by atoms with van der Waals surface area (Å²) in [5, 5.41) is 3.46. The molecule has 0 unspecified atom stereocenters. The average Bonchev–Trinajstić information content (AvgIpc) is 2.34. The molecule has 1 aliphatic heterocycles. The Morgan fingerprint density at radius 2 is 2.06 bits per heavy atom. The van der Waals surface area contributed by atoms with Gasteiger partial charge in [0.25, 0.3) is 0 Å². The Hall–Kier alpha value is -1.44. The van der Waals surface area contributed by atoms with Gasteiger partial charge in [-0.25, -0.2) is 0 Å². The molecule has 2 nitrogen and oxygen atoms in total. The summed E-state index contributed by atoms with van der Waals surface area (Å²) in [6.45, 7) is 7.41. The highest BCUT2D eigenvalue weighted by Crippen LogP contribution is 2.32. The molecule has 0 amide bonds. The monoisotopic (exact) mass is 245 g/mol. The molecule has 0 atom stereocenters. The van der Waals surface area contributed by atoms with Crippen molar-refractivity contribution >= 4 is 11.8 Å². The summed E-state index contributed by atoms with van der Waals surface area (Å²) in [6.07, 6.45) is 8.03. The van der Waals surface area contributed by atoms with Crippen molar-refractivity contribution < 1.29 is 4.74 Å². The number of fused-ring (bicyclic) bond motifs is 1. The van der Waals surface area contributed by atoms with Crippen molar-refractivity contribution in [1.82, 2.24) is 0 Å². The van der Waals surface area contributed by atoms with E-state index in [1.165, 1.54) is 24.9 Å². The molecule has 98 valence electrons. The van der Waals surface area contributed by atoms with E-state index in [4.69, 9.17) is 4.74 Å². The first kappa shape index (κ1) is 13.0. The fourth-order valence-electron chi connectivity index (χ4n) is 2.10. The third kappa shape index (κ3) is 3.28. The van der Waals surface area contributed by atoms with Crippen LogP contribution in [0.2, 0.25) is 0 Å². The second kappa shape index (κ2) is 5.47. The van der Waals surface area contributed by atoms with Crippen molar-refractivity contribution in [3.63, 3.8) is 0 Å². The molecule has 0 aromatic heterocycles. The first-order valence-corrected chi connectivity index (χ1v) is 6.87. The van der Waals surface area contributed by atoms with Crippen LogP contribution in [-0.2, 0) is 0 Å². The van der Waals surface area contributed by atoms with Crippen LogP contribution in [0, 0.1) is 0 Å². The number of unbranched alkanes of at least 4 members (excludes halogenated alkanes) is 2. The lowest BCUT2D eigenvalue weighted by molar-refractivity contribution is 0.159. The predicted octanol–water partition coefficient (Wildman–Crippen LogP) is 4.47. The first-order chi connectivity index (χ1) is 8.61. The molecule has 18 heavy (non-hydrogen) atoms. The van der Waals surface area contributed by atoms with E-state index in [2.05, 4.69) is 56.4 Å². The molecule has 1 aromatic carbocycles. The summed E-state index contributed by atoms with van der Waals surface area (Å²) >= 11 is 0. The maximum absolute atomic E-state index is 5.90. The highest BCUT2D eigenvalue weighted by Gasteiger charge is 2.21. The zero-order valence-corrected chi connectivity index (χ0v) is 11.6. The molecule has 1 aromatic rings. The standard InChI is InChI=1S/C16H23NO/c1-4-5-6-11-17-14-7-8-15-13(12-14)9-10-16(2,3)18-15/h7-10,12,17H,4-6,11H2,1-3H3. The van der Waals surface area contributed by atoms with Gasteiger partial charge in [0.05, 0.1) is 0 Å². The molecule has 1 N–H and O–H groups in total. The van der Waals surface area contributed by atoms with Gasteiger partial charge in [0, 0.05) is 17.8 Å². The third-order valence-electron chi connectivity index (χ3n) is 3.16. The summed E-state index contributed by atoms with van der Waals surface area (Å²) in [4.78, 5) is 0. The summed E-state index contributed by atoms with van der Waals surface area (Å²) in [5.41, 5.74) is 2.15. The van der Waals surface area contributed by atoms with Gasteiger partial charge in [-0.05, 0) is 44.5 Å². The molecule has 0 saturated heterocycles. The van der Waals surface area contributed by atoms with Crippen LogP contribution in [0.3, 0.4) is 0 Å². The average molecular weight is 245 g/mol. The Kier molecular flexibility index (Phi) is 3.95. The molecule has 0 aliphatic carbocycles. The van der Waals surface area contributed by atoms with E-state index in [-0.39, 0.29) is 5.60 Å². The number of hydrogen-bond acceptors (Lipinski definition) is 2. The normalized spacial score (nSPS) is 15.9. The first-order valence-electron chi connectivity index (χ1n) is 6.87. The van der Waals surface area contributed by atoms with Gasteiger partial charge in [0.15, 0.2) is 0 Å². The molecule has 0 fully saturated rings. The van der Waals surface area contributed by atoms with Crippen LogP contribution in [0.15, 0.2) is 24.3 Å². The molecule has 1 aliphatic rings. The van der Waals surface area contributed by atoms with Crippen LogP contribution < -0.4 is 10.1 Å². The minimum Gasteiger partial charge on any atom is -0.483 e. The van der Waals surface area contributed by atoms with Gasteiger partial charge in [-0.15, -0.1) is 0 Å². The fourth-order valence-corrected chi connectivity index (χ4v) is 2.10. The molecule has 0 bridgehead atoms. The van der Waals surface area contributed by atoms with Gasteiger partial charge in [-0.2, -0.15) is 0 Å². The van der Waals surface area contributed by atoms with E-state index in [0.717, 1.165) is 17.9 Å². The van der Waals surface area contributed by atoms with Crippen LogP contribution in [-0.4, -0.2) is 12.1 Å². The van der Waals surface area contributed by atoms with Gasteiger partial charge in [0.2, 0.25) is 0 Å². The molecule has 0 saturated carbocycles. The van der Waals surface area contributed by atoms with Crippen LogP contribution >= 0.6 is 0 Å². The lowest BCUT2D eigenvalue weighted by atomic mass is 10.0. The Morgan fingerprint density at radius 3 is 2.83 bits per heavy atom. The smallest absolute Gasteiger partial charge is 0.127 e. The highest BCUT2D eigenvalue weighted by atomic mass is 16.5. The van der Waals surface area contributed by atoms with Crippen molar-refractivity contribution in [3.05, 3.63) is 29.8 Å². The summed E-state index contributed by atoms with van der Waals surface area (Å²) < 4.78 is 5.90. The van der Waals surface area contributed by atoms with Crippen LogP contribution in [0.1, 0.15) is 45.6 Å². The lowest BCUT2D eigenvalue weighted by Gasteiger charge is -2.28. The van der Waals surface area contributed by atoms with Crippen molar-refractivity contribution in [2.45, 2.75) is 45.6 Å². The van der Waals surface area contributed by atoms with E-state index < -0.39 is 0 Å². The number of ether oxygens (including phenoxy) is 1. The quantitative estimate of drug-likeness (QED) is 0.773. The molecular formula is C16H23NO. The van der Waals surface area contributed by atoms with Gasteiger partial charge in [0.1, 0.15) is 11.4 Å². The number of benzene rings is 1. The van der Waals surface area contributed by atoms with Crippen molar-refractivity contribution in [1.29, 1.82) is 0 Å². The fraction of sp³-hybridized carbons (Fsp3) is 0.500. The van der Waals surface area contributed by atoms with Crippen molar-refractivity contribution in [2.75, 3.05) is 11.9 Å². The van der Waals surface area contributed by atoms with Crippen LogP contribution in [0.25, 0.3) is 6.08 Å². The second-order valence-corrected chi connectivity index (χ2v) is 5.43. The van der Waals surface area contributed by atoms with Gasteiger partial charge in [-0.3, -0.25) is 0 Å². The number of nitrogens with one attached hydrogen (secondary N) is 1. The minimum absolute atomic E-state index is 0.191. The summed E-state index contributed by atoms with van der Waals surface area (Å²) in [7, 11) is 0. The van der Waals surface area contributed by atoms with E-state index >= 15 is 0 Å². The number of anilines is 1. The molecule has 1 heterocycles. The minimum atomic E-state index is -0.191. The zero-order chi connectivity index (χ0) is 13.0. The Bertz CT molecular complexity index is 435. The summed E-state index contributed by atoms with van der Waals surface area (Å²) in [6, 6.07) is 6.32. The van der Waals surface area contributed by atoms with Crippen molar-refractivity contribution in [2.24, 2.45) is 0 Å². The number of rotatable bonds is 5. The van der Waals surface area contributed by atoms with Crippen LogP contribution in [0.4, 0.5) is 5.69 Å². The van der Waals surface area contributed by atoms with Gasteiger partial charge >= 0.3 is 0 Å². The molecule has 0 radical (unpaired) electrons. The Balaban J connectivity index is 2.00. The van der Waals surface area contributed by atoms with E-state index in [9.17, 15) is 0 Å². The SMILES string of the molecule is CCCCCNc1ccc2c(c1)C=CC(C)(C)O2. The summed E-state index contributed by atoms with van der Waals surface area (Å²) in [5.74, 6) is 0.974. The second-order valence-electron chi connectivity index (χ2n) is 5.43. The largest absolute Gasteiger partial charge is 0.483 e. The Morgan fingerprint density at radius 1 is 1.22 bits per heavy atom. The van der Waals surface area contributed by atoms with E-state index in [1.54, 1.807) is 0 Å². The Labute approximate surface area is 110 Å². The lowest BCUT2D eigenvalue weighted by Crippen LogP contribution is -2.27. The molecule has 2 rings (SSSR count). The van der Waals surface area contributed by atoms with Gasteiger partial charge in [-0.1, -0.05) is 25.8 Å². The van der Waals surface area contributed by atoms with Crippen LogP contribution in [0.5, 0.6) is 5.75 Å².